The normalized spacial score (nSPS) is 19.9. The van der Waals surface area contributed by atoms with Crippen molar-refractivity contribution in [3.8, 4) is 0 Å². The van der Waals surface area contributed by atoms with Crippen molar-refractivity contribution >= 4 is 17.3 Å². The van der Waals surface area contributed by atoms with Crippen LogP contribution in [0.25, 0.3) is 0 Å². The third-order valence-corrected chi connectivity index (χ3v) is 4.21. The SMILES string of the molecule is NCC1(Nc2ccc(Cl)cc2)CCCCCCC1. The molecule has 0 bridgehead atoms. The molecule has 1 aromatic carbocycles. The van der Waals surface area contributed by atoms with Crippen LogP contribution in [0.3, 0.4) is 0 Å². The van der Waals surface area contributed by atoms with Crippen molar-refractivity contribution in [1.29, 1.82) is 0 Å². The molecule has 0 atom stereocenters. The molecule has 1 aliphatic carbocycles. The fourth-order valence-electron chi connectivity index (χ4n) is 2.80. The molecule has 100 valence electrons. The highest BCUT2D eigenvalue weighted by atomic mass is 35.5. The van der Waals surface area contributed by atoms with Gasteiger partial charge in [-0.05, 0) is 37.1 Å². The molecule has 0 unspecified atom stereocenters. The second-order valence-electron chi connectivity index (χ2n) is 5.38. The van der Waals surface area contributed by atoms with Crippen LogP contribution in [-0.4, -0.2) is 12.1 Å². The van der Waals surface area contributed by atoms with Crippen LogP contribution in [0.5, 0.6) is 0 Å². The summed E-state index contributed by atoms with van der Waals surface area (Å²) in [5, 5.41) is 4.43. The van der Waals surface area contributed by atoms with Gasteiger partial charge in [-0.3, -0.25) is 0 Å². The number of anilines is 1. The molecule has 2 rings (SSSR count). The van der Waals surface area contributed by atoms with Crippen LogP contribution in [0.2, 0.25) is 5.02 Å². The molecule has 0 aliphatic heterocycles. The van der Waals surface area contributed by atoms with E-state index in [0.29, 0.717) is 6.54 Å². The zero-order valence-electron chi connectivity index (χ0n) is 10.9. The number of hydrogen-bond donors (Lipinski definition) is 2. The Morgan fingerprint density at radius 1 is 1.00 bits per heavy atom. The standard InChI is InChI=1S/C15H23ClN2/c16-13-6-8-14(9-7-13)18-15(12-17)10-4-2-1-3-5-11-15/h6-9,18H,1-5,10-12,17H2. The molecule has 1 fully saturated rings. The van der Waals surface area contributed by atoms with Crippen LogP contribution >= 0.6 is 11.6 Å². The van der Waals surface area contributed by atoms with E-state index >= 15 is 0 Å². The van der Waals surface area contributed by atoms with E-state index in [-0.39, 0.29) is 5.54 Å². The minimum absolute atomic E-state index is 0.0776. The first-order chi connectivity index (χ1) is 8.74. The van der Waals surface area contributed by atoms with Gasteiger partial charge in [-0.1, -0.05) is 43.7 Å². The fraction of sp³-hybridized carbons (Fsp3) is 0.600. The molecule has 1 saturated carbocycles. The van der Waals surface area contributed by atoms with Gasteiger partial charge in [0.15, 0.2) is 0 Å². The molecule has 0 amide bonds. The first kappa shape index (κ1) is 13.7. The lowest BCUT2D eigenvalue weighted by molar-refractivity contribution is 0.351. The van der Waals surface area contributed by atoms with Crippen molar-refractivity contribution in [3.05, 3.63) is 29.3 Å². The summed E-state index contributed by atoms with van der Waals surface area (Å²) in [6.45, 7) is 0.704. The second-order valence-corrected chi connectivity index (χ2v) is 5.82. The quantitative estimate of drug-likeness (QED) is 0.861. The summed E-state index contributed by atoms with van der Waals surface area (Å²) in [7, 11) is 0. The van der Waals surface area contributed by atoms with Gasteiger partial charge < -0.3 is 11.1 Å². The van der Waals surface area contributed by atoms with Gasteiger partial charge in [0.05, 0.1) is 0 Å². The highest BCUT2D eigenvalue weighted by Gasteiger charge is 2.28. The van der Waals surface area contributed by atoms with E-state index in [0.717, 1.165) is 10.7 Å². The van der Waals surface area contributed by atoms with Crippen LogP contribution in [0.1, 0.15) is 44.9 Å². The average Bonchev–Trinajstić information content (AvgIpc) is 2.36. The van der Waals surface area contributed by atoms with Crippen LogP contribution in [0.4, 0.5) is 5.69 Å². The largest absolute Gasteiger partial charge is 0.378 e. The van der Waals surface area contributed by atoms with Crippen LogP contribution in [0, 0.1) is 0 Å². The summed E-state index contributed by atoms with van der Waals surface area (Å²) in [5.41, 5.74) is 7.26. The van der Waals surface area contributed by atoms with Gasteiger partial charge in [-0.2, -0.15) is 0 Å². The Kier molecular flexibility index (Phi) is 4.90. The lowest BCUT2D eigenvalue weighted by atomic mass is 9.83. The lowest BCUT2D eigenvalue weighted by Crippen LogP contribution is -2.45. The number of halogens is 1. The number of nitrogens with one attached hydrogen (secondary N) is 1. The van der Waals surface area contributed by atoms with Gasteiger partial charge in [0, 0.05) is 22.8 Å². The summed E-state index contributed by atoms with van der Waals surface area (Å²) in [4.78, 5) is 0. The molecule has 0 saturated heterocycles. The maximum absolute atomic E-state index is 6.05. The lowest BCUT2D eigenvalue weighted by Gasteiger charge is -2.36. The van der Waals surface area contributed by atoms with Crippen molar-refractivity contribution in [2.75, 3.05) is 11.9 Å². The summed E-state index contributed by atoms with van der Waals surface area (Å²) in [6, 6.07) is 7.94. The third-order valence-electron chi connectivity index (χ3n) is 3.96. The molecule has 0 spiro atoms. The predicted molar refractivity (Wildman–Crippen MR) is 79.2 cm³/mol. The molecule has 0 heterocycles. The molecule has 0 aromatic heterocycles. The summed E-state index contributed by atoms with van der Waals surface area (Å²) >= 11 is 5.92. The summed E-state index contributed by atoms with van der Waals surface area (Å²) in [6.07, 6.45) is 8.95. The summed E-state index contributed by atoms with van der Waals surface area (Å²) in [5.74, 6) is 0. The molecule has 1 aliphatic rings. The third kappa shape index (κ3) is 3.63. The minimum Gasteiger partial charge on any atom is -0.378 e. The Bertz CT molecular complexity index is 353. The molecule has 3 heteroatoms. The molecule has 0 radical (unpaired) electrons. The monoisotopic (exact) mass is 266 g/mol. The van der Waals surface area contributed by atoms with Crippen molar-refractivity contribution in [3.63, 3.8) is 0 Å². The zero-order valence-corrected chi connectivity index (χ0v) is 11.7. The van der Waals surface area contributed by atoms with Gasteiger partial charge >= 0.3 is 0 Å². The zero-order chi connectivity index (χ0) is 12.8. The van der Waals surface area contributed by atoms with Crippen LogP contribution in [-0.2, 0) is 0 Å². The summed E-state index contributed by atoms with van der Waals surface area (Å²) < 4.78 is 0. The smallest absolute Gasteiger partial charge is 0.0495 e. The number of rotatable bonds is 3. The predicted octanol–water partition coefficient (Wildman–Crippen LogP) is 4.19. The molecule has 1 aromatic rings. The maximum Gasteiger partial charge on any atom is 0.0495 e. The minimum atomic E-state index is 0.0776. The van der Waals surface area contributed by atoms with Gasteiger partial charge in [0.2, 0.25) is 0 Å². The van der Waals surface area contributed by atoms with E-state index in [4.69, 9.17) is 17.3 Å². The Balaban J connectivity index is 2.07. The van der Waals surface area contributed by atoms with Gasteiger partial charge in [0.1, 0.15) is 0 Å². The van der Waals surface area contributed by atoms with Crippen molar-refractivity contribution in [1.82, 2.24) is 0 Å². The fourth-order valence-corrected chi connectivity index (χ4v) is 2.93. The van der Waals surface area contributed by atoms with E-state index in [1.54, 1.807) is 0 Å². The van der Waals surface area contributed by atoms with E-state index in [9.17, 15) is 0 Å². The molecular weight excluding hydrogens is 244 g/mol. The van der Waals surface area contributed by atoms with E-state index in [1.165, 1.54) is 44.9 Å². The molecule has 2 nitrogen and oxygen atoms in total. The highest BCUT2D eigenvalue weighted by molar-refractivity contribution is 6.30. The Morgan fingerprint density at radius 2 is 1.56 bits per heavy atom. The molecule has 3 N–H and O–H groups in total. The molecule has 18 heavy (non-hydrogen) atoms. The van der Waals surface area contributed by atoms with Crippen molar-refractivity contribution in [2.45, 2.75) is 50.5 Å². The van der Waals surface area contributed by atoms with Crippen molar-refractivity contribution < 1.29 is 0 Å². The topological polar surface area (TPSA) is 38.0 Å². The van der Waals surface area contributed by atoms with E-state index < -0.39 is 0 Å². The second kappa shape index (κ2) is 6.44. The number of nitrogens with two attached hydrogens (primary N) is 1. The van der Waals surface area contributed by atoms with Crippen LogP contribution < -0.4 is 11.1 Å². The Labute approximate surface area is 115 Å². The van der Waals surface area contributed by atoms with Gasteiger partial charge in [0.25, 0.3) is 0 Å². The van der Waals surface area contributed by atoms with Crippen LogP contribution in [0.15, 0.2) is 24.3 Å². The first-order valence-corrected chi connectivity index (χ1v) is 7.36. The average molecular weight is 267 g/mol. The first-order valence-electron chi connectivity index (χ1n) is 6.98. The number of hydrogen-bond acceptors (Lipinski definition) is 2. The Hall–Kier alpha value is -0.730. The Morgan fingerprint density at radius 3 is 2.11 bits per heavy atom. The van der Waals surface area contributed by atoms with Crippen molar-refractivity contribution in [2.24, 2.45) is 5.73 Å². The van der Waals surface area contributed by atoms with Gasteiger partial charge in [-0.25, -0.2) is 0 Å². The van der Waals surface area contributed by atoms with E-state index in [2.05, 4.69) is 5.32 Å². The highest BCUT2D eigenvalue weighted by Crippen LogP contribution is 2.29. The number of benzene rings is 1. The van der Waals surface area contributed by atoms with Gasteiger partial charge in [-0.15, -0.1) is 0 Å². The maximum atomic E-state index is 6.05. The van der Waals surface area contributed by atoms with E-state index in [1.807, 2.05) is 24.3 Å². The molecular formula is C15H23ClN2.